The van der Waals surface area contributed by atoms with E-state index in [2.05, 4.69) is 10.6 Å². The average Bonchev–Trinajstić information content (AvgIpc) is 2.14. The van der Waals surface area contributed by atoms with Crippen LogP contribution in [0.3, 0.4) is 0 Å². The van der Waals surface area contributed by atoms with Crippen LogP contribution in [-0.2, 0) is 9.59 Å². The summed E-state index contributed by atoms with van der Waals surface area (Å²) in [4.78, 5) is 22.2. The molecular formula is C10H21N3O4. The Kier molecular flexibility index (Phi) is 6.08. The van der Waals surface area contributed by atoms with Crippen LogP contribution < -0.4 is 16.4 Å². The molecule has 0 aromatic carbocycles. The Morgan fingerprint density at radius 1 is 1.41 bits per heavy atom. The molecule has 7 nitrogen and oxygen atoms in total. The number of hydrogen-bond acceptors (Lipinski definition) is 5. The molecule has 2 atom stereocenters. The normalized spacial score (nSPS) is 15.1. The highest BCUT2D eigenvalue weighted by molar-refractivity contribution is 5.83. The molecule has 0 aromatic rings. The molecule has 7 heteroatoms. The van der Waals surface area contributed by atoms with Crippen LogP contribution in [0.15, 0.2) is 0 Å². The summed E-state index contributed by atoms with van der Waals surface area (Å²) in [6.07, 6.45) is -0.203. The molecule has 0 aromatic heterocycles. The van der Waals surface area contributed by atoms with Crippen molar-refractivity contribution in [3.8, 4) is 0 Å². The Morgan fingerprint density at radius 3 is 2.29 bits per heavy atom. The van der Waals surface area contributed by atoms with Gasteiger partial charge in [-0.2, -0.15) is 0 Å². The fourth-order valence-corrected chi connectivity index (χ4v) is 1.24. The molecule has 0 saturated carbocycles. The maximum Gasteiger partial charge on any atom is 0.305 e. The van der Waals surface area contributed by atoms with Crippen LogP contribution in [0.5, 0.6) is 0 Å². The van der Waals surface area contributed by atoms with Gasteiger partial charge in [0, 0.05) is 6.54 Å². The molecule has 0 spiro atoms. The smallest absolute Gasteiger partial charge is 0.305 e. The number of likely N-dealkylation sites (N-methyl/N-ethyl adjacent to an activating group) is 1. The monoisotopic (exact) mass is 247 g/mol. The predicted octanol–water partition coefficient (Wildman–Crippen LogP) is -1.74. The second kappa shape index (κ2) is 6.53. The fraction of sp³-hybridized carbons (Fsp3) is 0.800. The van der Waals surface area contributed by atoms with Crippen LogP contribution in [0.25, 0.3) is 0 Å². The minimum absolute atomic E-state index is 0.203. The third kappa shape index (κ3) is 6.20. The molecule has 17 heavy (non-hydrogen) atoms. The first kappa shape index (κ1) is 15.8. The van der Waals surface area contributed by atoms with Crippen molar-refractivity contribution in [2.75, 3.05) is 13.6 Å². The molecule has 0 aliphatic heterocycles. The molecule has 0 heterocycles. The van der Waals surface area contributed by atoms with E-state index in [-0.39, 0.29) is 6.42 Å². The molecule has 0 fully saturated rings. The Labute approximate surface area is 100 Å². The quantitative estimate of drug-likeness (QED) is 0.364. The highest BCUT2D eigenvalue weighted by Crippen LogP contribution is 2.06. The first-order chi connectivity index (χ1) is 7.68. The number of carboxylic acids is 1. The molecule has 2 unspecified atom stereocenters. The molecular weight excluding hydrogens is 226 g/mol. The molecule has 1 amide bonds. The lowest BCUT2D eigenvalue weighted by atomic mass is 9.99. The third-order valence-electron chi connectivity index (χ3n) is 2.26. The van der Waals surface area contributed by atoms with Gasteiger partial charge in [-0.05, 0) is 20.9 Å². The lowest BCUT2D eigenvalue weighted by Gasteiger charge is -2.26. The number of nitrogens with two attached hydrogens (primary N) is 1. The van der Waals surface area contributed by atoms with Gasteiger partial charge in [0.25, 0.3) is 0 Å². The van der Waals surface area contributed by atoms with Gasteiger partial charge in [0.15, 0.2) is 0 Å². The van der Waals surface area contributed by atoms with Crippen molar-refractivity contribution in [2.45, 2.75) is 38.0 Å². The van der Waals surface area contributed by atoms with Crippen LogP contribution in [0.2, 0.25) is 0 Å². The average molecular weight is 247 g/mol. The molecule has 0 aliphatic rings. The molecule has 0 rings (SSSR count). The van der Waals surface area contributed by atoms with Gasteiger partial charge >= 0.3 is 5.97 Å². The number of aliphatic hydroxyl groups is 1. The van der Waals surface area contributed by atoms with E-state index in [1.807, 2.05) is 0 Å². The highest BCUT2D eigenvalue weighted by Gasteiger charge is 2.31. The third-order valence-corrected chi connectivity index (χ3v) is 2.26. The van der Waals surface area contributed by atoms with E-state index in [0.29, 0.717) is 6.54 Å². The van der Waals surface area contributed by atoms with E-state index in [9.17, 15) is 14.7 Å². The van der Waals surface area contributed by atoms with Gasteiger partial charge in [0.1, 0.15) is 6.04 Å². The van der Waals surface area contributed by atoms with Crippen molar-refractivity contribution in [1.29, 1.82) is 0 Å². The van der Waals surface area contributed by atoms with Crippen LogP contribution in [0, 0.1) is 0 Å². The Balaban J connectivity index is 4.44. The maximum atomic E-state index is 11.6. The molecule has 100 valence electrons. The Morgan fingerprint density at radius 2 is 1.94 bits per heavy atom. The van der Waals surface area contributed by atoms with Gasteiger partial charge in [0.05, 0.1) is 18.1 Å². The number of hydrogen-bond donors (Lipinski definition) is 5. The first-order valence-corrected chi connectivity index (χ1v) is 5.33. The maximum absolute atomic E-state index is 11.6. The zero-order valence-corrected chi connectivity index (χ0v) is 10.4. The van der Waals surface area contributed by atoms with Crippen molar-refractivity contribution in [3.05, 3.63) is 0 Å². The largest absolute Gasteiger partial charge is 0.481 e. The summed E-state index contributed by atoms with van der Waals surface area (Å²) in [5.74, 6) is -1.58. The second-order valence-electron chi connectivity index (χ2n) is 4.49. The van der Waals surface area contributed by atoms with Crippen LogP contribution in [0.4, 0.5) is 0 Å². The molecule has 0 radical (unpaired) electrons. The highest BCUT2D eigenvalue weighted by atomic mass is 16.4. The van der Waals surface area contributed by atoms with Gasteiger partial charge in [0.2, 0.25) is 5.91 Å². The minimum atomic E-state index is -1.35. The summed E-state index contributed by atoms with van der Waals surface area (Å²) < 4.78 is 0. The zero-order valence-electron chi connectivity index (χ0n) is 10.4. The van der Waals surface area contributed by atoms with E-state index in [1.165, 1.54) is 13.8 Å². The second-order valence-corrected chi connectivity index (χ2v) is 4.49. The topological polar surface area (TPSA) is 125 Å². The lowest BCUT2D eigenvalue weighted by Crippen LogP contribution is -2.56. The molecule has 6 N–H and O–H groups in total. The predicted molar refractivity (Wildman–Crippen MR) is 62.4 cm³/mol. The number of carboxylic acid groups (broad SMARTS) is 1. The van der Waals surface area contributed by atoms with Gasteiger partial charge < -0.3 is 26.6 Å². The van der Waals surface area contributed by atoms with E-state index >= 15 is 0 Å². The fourth-order valence-electron chi connectivity index (χ4n) is 1.24. The zero-order chi connectivity index (χ0) is 13.6. The molecule has 0 saturated heterocycles. The summed E-state index contributed by atoms with van der Waals surface area (Å²) in [6.45, 7) is 3.15. The number of carbonyl (C=O) groups excluding carboxylic acids is 1. The number of nitrogens with one attached hydrogen (secondary N) is 2. The van der Waals surface area contributed by atoms with Crippen molar-refractivity contribution in [1.82, 2.24) is 10.6 Å². The van der Waals surface area contributed by atoms with E-state index in [4.69, 9.17) is 10.8 Å². The number of aliphatic carboxylic acids is 1. The lowest BCUT2D eigenvalue weighted by molar-refractivity contribution is -0.137. The minimum Gasteiger partial charge on any atom is -0.481 e. The van der Waals surface area contributed by atoms with Crippen LogP contribution >= 0.6 is 0 Å². The van der Waals surface area contributed by atoms with Crippen molar-refractivity contribution < 1.29 is 19.8 Å². The SMILES string of the molecule is CNCC(CC(=O)O)NC(=O)C(N)C(C)(C)O. The summed E-state index contributed by atoms with van der Waals surface area (Å²) >= 11 is 0. The summed E-state index contributed by atoms with van der Waals surface area (Å²) in [5.41, 5.74) is 4.19. The number of rotatable bonds is 7. The summed E-state index contributed by atoms with van der Waals surface area (Å²) in [6, 6.07) is -1.66. The van der Waals surface area contributed by atoms with Crippen molar-refractivity contribution in [3.63, 3.8) is 0 Å². The Bertz CT molecular complexity index is 275. The molecule has 0 aliphatic carbocycles. The van der Waals surface area contributed by atoms with Gasteiger partial charge in [-0.25, -0.2) is 0 Å². The first-order valence-electron chi connectivity index (χ1n) is 5.33. The van der Waals surface area contributed by atoms with E-state index < -0.39 is 29.6 Å². The van der Waals surface area contributed by atoms with Crippen molar-refractivity contribution >= 4 is 11.9 Å². The van der Waals surface area contributed by atoms with E-state index in [1.54, 1.807) is 7.05 Å². The number of carbonyl (C=O) groups is 2. The number of amides is 1. The van der Waals surface area contributed by atoms with Gasteiger partial charge in [-0.15, -0.1) is 0 Å². The van der Waals surface area contributed by atoms with Gasteiger partial charge in [-0.1, -0.05) is 0 Å². The van der Waals surface area contributed by atoms with Crippen LogP contribution in [0.1, 0.15) is 20.3 Å². The molecule has 0 bridgehead atoms. The Hall–Kier alpha value is -1.18. The van der Waals surface area contributed by atoms with Crippen molar-refractivity contribution in [2.24, 2.45) is 5.73 Å². The van der Waals surface area contributed by atoms with Crippen LogP contribution in [-0.4, -0.2) is 53.4 Å². The van der Waals surface area contributed by atoms with E-state index in [0.717, 1.165) is 0 Å². The van der Waals surface area contributed by atoms with Gasteiger partial charge in [-0.3, -0.25) is 9.59 Å². The standard InChI is InChI=1S/C10H21N3O4/c1-10(2,17)8(11)9(16)13-6(5-12-3)4-7(14)15/h6,8,12,17H,4-5,11H2,1-3H3,(H,13,16)(H,14,15). The summed E-state index contributed by atoms with van der Waals surface area (Å²) in [7, 11) is 1.65. The summed E-state index contributed by atoms with van der Waals surface area (Å²) in [5, 5.41) is 23.5.